The monoisotopic (exact) mass is 288 g/mol. The average molecular weight is 288 g/mol. The molecule has 2 unspecified atom stereocenters. The molecule has 0 spiro atoms. The van der Waals surface area contributed by atoms with Crippen molar-refractivity contribution in [1.82, 2.24) is 10.2 Å². The lowest BCUT2D eigenvalue weighted by Gasteiger charge is -2.38. The van der Waals surface area contributed by atoms with Crippen molar-refractivity contribution >= 4 is 0 Å². The third kappa shape index (κ3) is 5.12. The zero-order valence-electron chi connectivity index (χ0n) is 14.2. The van der Waals surface area contributed by atoms with Gasteiger partial charge in [0.15, 0.2) is 0 Å². The molecule has 1 aliphatic heterocycles. The van der Waals surface area contributed by atoms with E-state index in [-0.39, 0.29) is 0 Å². The van der Waals surface area contributed by atoms with Gasteiger partial charge in [-0.1, -0.05) is 45.0 Å². The summed E-state index contributed by atoms with van der Waals surface area (Å²) in [4.78, 5) is 2.64. The van der Waals surface area contributed by atoms with Crippen LogP contribution in [0.2, 0.25) is 0 Å². The number of rotatable bonds is 6. The zero-order valence-corrected chi connectivity index (χ0v) is 14.2. The van der Waals surface area contributed by atoms with Crippen molar-refractivity contribution in [3.8, 4) is 0 Å². The fourth-order valence-corrected chi connectivity index (χ4v) is 3.20. The van der Waals surface area contributed by atoms with Gasteiger partial charge in [0.05, 0.1) is 0 Å². The molecule has 0 aromatic heterocycles. The normalized spacial score (nSPS) is 23.7. The largest absolute Gasteiger partial charge is 0.314 e. The molecule has 1 aromatic rings. The van der Waals surface area contributed by atoms with Crippen molar-refractivity contribution < 1.29 is 0 Å². The Morgan fingerprint density at radius 1 is 1.14 bits per heavy atom. The molecule has 1 heterocycles. The molecule has 118 valence electrons. The van der Waals surface area contributed by atoms with Crippen LogP contribution < -0.4 is 5.32 Å². The number of hydrogen-bond donors (Lipinski definition) is 1. The average Bonchev–Trinajstić information content (AvgIpc) is 2.45. The minimum absolute atomic E-state index is 0.576. The molecule has 21 heavy (non-hydrogen) atoms. The molecule has 2 rings (SSSR count). The standard InChI is InChI=1S/C19H32N2/c1-15(2)20-12-11-18-7-9-19(10-8-18)14-21-13-5-6-16(3)17(21)4/h7-10,15-17,20H,5-6,11-14H2,1-4H3. The second-order valence-corrected chi connectivity index (χ2v) is 7.01. The van der Waals surface area contributed by atoms with Crippen LogP contribution in [0, 0.1) is 5.92 Å². The second-order valence-electron chi connectivity index (χ2n) is 7.01. The molecule has 1 aliphatic rings. The van der Waals surface area contributed by atoms with Gasteiger partial charge in [-0.2, -0.15) is 0 Å². The molecule has 1 N–H and O–H groups in total. The molecule has 0 radical (unpaired) electrons. The number of piperidine rings is 1. The fourth-order valence-electron chi connectivity index (χ4n) is 3.20. The number of likely N-dealkylation sites (tertiary alicyclic amines) is 1. The Morgan fingerprint density at radius 2 is 1.81 bits per heavy atom. The molecule has 0 amide bonds. The SMILES string of the molecule is CC(C)NCCc1ccc(CN2CCCC(C)C2C)cc1. The summed E-state index contributed by atoms with van der Waals surface area (Å²) in [6.07, 6.45) is 3.86. The maximum Gasteiger partial charge on any atom is 0.0236 e. The molecular weight excluding hydrogens is 256 g/mol. The van der Waals surface area contributed by atoms with Crippen molar-refractivity contribution in [3.05, 3.63) is 35.4 Å². The van der Waals surface area contributed by atoms with E-state index in [0.717, 1.165) is 25.4 Å². The first-order valence-electron chi connectivity index (χ1n) is 8.61. The van der Waals surface area contributed by atoms with Crippen molar-refractivity contribution in [2.24, 2.45) is 5.92 Å². The van der Waals surface area contributed by atoms with E-state index in [0.29, 0.717) is 12.1 Å². The van der Waals surface area contributed by atoms with Crippen LogP contribution in [-0.4, -0.2) is 30.1 Å². The third-order valence-corrected chi connectivity index (χ3v) is 4.88. The molecular formula is C19H32N2. The highest BCUT2D eigenvalue weighted by atomic mass is 15.2. The number of nitrogens with one attached hydrogen (secondary N) is 1. The summed E-state index contributed by atoms with van der Waals surface area (Å²) in [5, 5.41) is 3.48. The lowest BCUT2D eigenvalue weighted by Crippen LogP contribution is -2.41. The number of nitrogens with zero attached hydrogens (tertiary/aromatic N) is 1. The summed E-state index contributed by atoms with van der Waals surface area (Å²) in [7, 11) is 0. The maximum absolute atomic E-state index is 3.48. The van der Waals surface area contributed by atoms with Gasteiger partial charge in [0.1, 0.15) is 0 Å². The number of benzene rings is 1. The van der Waals surface area contributed by atoms with E-state index >= 15 is 0 Å². The fraction of sp³-hybridized carbons (Fsp3) is 0.684. The summed E-state index contributed by atoms with van der Waals surface area (Å²) in [6.45, 7) is 12.6. The molecule has 2 atom stereocenters. The van der Waals surface area contributed by atoms with Gasteiger partial charge in [0.2, 0.25) is 0 Å². The lowest BCUT2D eigenvalue weighted by molar-refractivity contribution is 0.106. The lowest BCUT2D eigenvalue weighted by atomic mass is 9.91. The maximum atomic E-state index is 3.48. The van der Waals surface area contributed by atoms with Gasteiger partial charge >= 0.3 is 0 Å². The molecule has 2 nitrogen and oxygen atoms in total. The summed E-state index contributed by atoms with van der Waals surface area (Å²) in [5.74, 6) is 0.833. The first-order chi connectivity index (χ1) is 10.1. The molecule has 2 heteroatoms. The Morgan fingerprint density at radius 3 is 2.48 bits per heavy atom. The van der Waals surface area contributed by atoms with Gasteiger partial charge in [-0.25, -0.2) is 0 Å². The summed E-state index contributed by atoms with van der Waals surface area (Å²) in [6, 6.07) is 10.5. The van der Waals surface area contributed by atoms with Crippen LogP contribution in [0.5, 0.6) is 0 Å². The Hall–Kier alpha value is -0.860. The Kier molecular flexibility index (Phi) is 6.25. The van der Waals surface area contributed by atoms with Crippen molar-refractivity contribution in [2.45, 2.75) is 65.6 Å². The Labute approximate surface area is 130 Å². The predicted molar refractivity (Wildman–Crippen MR) is 91.6 cm³/mol. The van der Waals surface area contributed by atoms with Gasteiger partial charge in [-0.05, 0) is 56.3 Å². The van der Waals surface area contributed by atoms with Gasteiger partial charge in [-0.3, -0.25) is 4.90 Å². The van der Waals surface area contributed by atoms with Gasteiger partial charge in [0.25, 0.3) is 0 Å². The first-order valence-corrected chi connectivity index (χ1v) is 8.61. The molecule has 0 saturated carbocycles. The van der Waals surface area contributed by atoms with Gasteiger partial charge in [0, 0.05) is 18.6 Å². The Balaban J connectivity index is 1.84. The van der Waals surface area contributed by atoms with Crippen LogP contribution >= 0.6 is 0 Å². The van der Waals surface area contributed by atoms with E-state index in [1.165, 1.54) is 30.5 Å². The van der Waals surface area contributed by atoms with E-state index in [4.69, 9.17) is 0 Å². The minimum Gasteiger partial charge on any atom is -0.314 e. The first kappa shape index (κ1) is 16.5. The van der Waals surface area contributed by atoms with Crippen molar-refractivity contribution in [3.63, 3.8) is 0 Å². The number of hydrogen-bond acceptors (Lipinski definition) is 2. The van der Waals surface area contributed by atoms with E-state index in [9.17, 15) is 0 Å². The highest BCUT2D eigenvalue weighted by molar-refractivity contribution is 5.23. The third-order valence-electron chi connectivity index (χ3n) is 4.88. The summed E-state index contributed by atoms with van der Waals surface area (Å²) < 4.78 is 0. The molecule has 1 aromatic carbocycles. The van der Waals surface area contributed by atoms with Crippen LogP contribution in [0.3, 0.4) is 0 Å². The molecule has 0 bridgehead atoms. The van der Waals surface area contributed by atoms with Gasteiger partial charge < -0.3 is 5.32 Å². The van der Waals surface area contributed by atoms with Crippen LogP contribution in [-0.2, 0) is 13.0 Å². The molecule has 1 fully saturated rings. The van der Waals surface area contributed by atoms with E-state index in [1.54, 1.807) is 0 Å². The molecule has 0 aliphatic carbocycles. The van der Waals surface area contributed by atoms with Crippen LogP contribution in [0.1, 0.15) is 51.7 Å². The topological polar surface area (TPSA) is 15.3 Å². The van der Waals surface area contributed by atoms with E-state index in [2.05, 4.69) is 62.2 Å². The predicted octanol–water partition coefficient (Wildman–Crippen LogP) is 3.85. The molecule has 1 saturated heterocycles. The van der Waals surface area contributed by atoms with E-state index in [1.807, 2.05) is 0 Å². The van der Waals surface area contributed by atoms with Crippen molar-refractivity contribution in [1.29, 1.82) is 0 Å². The Bertz CT molecular complexity index is 410. The summed E-state index contributed by atoms with van der Waals surface area (Å²) >= 11 is 0. The van der Waals surface area contributed by atoms with Gasteiger partial charge in [-0.15, -0.1) is 0 Å². The van der Waals surface area contributed by atoms with Crippen LogP contribution in [0.4, 0.5) is 0 Å². The highest BCUT2D eigenvalue weighted by Crippen LogP contribution is 2.24. The highest BCUT2D eigenvalue weighted by Gasteiger charge is 2.24. The minimum atomic E-state index is 0.576. The quantitative estimate of drug-likeness (QED) is 0.855. The zero-order chi connectivity index (χ0) is 15.2. The van der Waals surface area contributed by atoms with Crippen LogP contribution in [0.25, 0.3) is 0 Å². The van der Waals surface area contributed by atoms with E-state index < -0.39 is 0 Å². The smallest absolute Gasteiger partial charge is 0.0236 e. The summed E-state index contributed by atoms with van der Waals surface area (Å²) in [5.41, 5.74) is 2.89. The second kappa shape index (κ2) is 7.95. The van der Waals surface area contributed by atoms with Crippen LogP contribution in [0.15, 0.2) is 24.3 Å². The van der Waals surface area contributed by atoms with Crippen molar-refractivity contribution in [2.75, 3.05) is 13.1 Å².